The zero-order chi connectivity index (χ0) is 14.5. The number of rotatable bonds is 6. The Morgan fingerprint density at radius 3 is 2.80 bits per heavy atom. The Labute approximate surface area is 120 Å². The average molecular weight is 273 g/mol. The van der Waals surface area contributed by atoms with Crippen molar-refractivity contribution < 1.29 is 4.79 Å². The summed E-state index contributed by atoms with van der Waals surface area (Å²) in [7, 11) is 1.99. The number of fused-ring (bicyclic) bond motifs is 1. The first-order valence-electron chi connectivity index (χ1n) is 7.33. The van der Waals surface area contributed by atoms with Gasteiger partial charge in [0.05, 0.1) is 17.4 Å². The quantitative estimate of drug-likeness (QED) is 0.879. The third kappa shape index (κ3) is 3.18. The molecular weight excluding hydrogens is 250 g/mol. The van der Waals surface area contributed by atoms with Crippen molar-refractivity contribution in [1.82, 2.24) is 14.9 Å². The number of hydrogen-bond donors (Lipinski definition) is 1. The number of carbonyl (C=O) groups is 1. The highest BCUT2D eigenvalue weighted by atomic mass is 16.1. The molecule has 0 bridgehead atoms. The Bertz CT molecular complexity index is 584. The number of nitrogens with one attached hydrogen (secondary N) is 1. The van der Waals surface area contributed by atoms with Crippen molar-refractivity contribution in [3.8, 4) is 0 Å². The second-order valence-electron chi connectivity index (χ2n) is 5.23. The molecule has 108 valence electrons. The lowest BCUT2D eigenvalue weighted by molar-refractivity contribution is -0.125. The van der Waals surface area contributed by atoms with Gasteiger partial charge in [0, 0.05) is 19.5 Å². The van der Waals surface area contributed by atoms with Crippen molar-refractivity contribution in [3.05, 3.63) is 30.1 Å². The Kier molecular flexibility index (Phi) is 4.77. The molecule has 0 saturated carbocycles. The Balaban J connectivity index is 1.91. The molecule has 0 aliphatic heterocycles. The second-order valence-corrected chi connectivity index (χ2v) is 5.23. The molecular formula is C16H23N3O. The molecule has 0 radical (unpaired) electrons. The summed E-state index contributed by atoms with van der Waals surface area (Å²) >= 11 is 0. The van der Waals surface area contributed by atoms with E-state index in [1.54, 1.807) is 0 Å². The van der Waals surface area contributed by atoms with Gasteiger partial charge in [-0.15, -0.1) is 0 Å². The van der Waals surface area contributed by atoms with Crippen LogP contribution in [0.2, 0.25) is 0 Å². The van der Waals surface area contributed by atoms with Gasteiger partial charge in [0.2, 0.25) is 5.91 Å². The summed E-state index contributed by atoms with van der Waals surface area (Å²) in [5, 5.41) is 3.02. The van der Waals surface area contributed by atoms with Gasteiger partial charge in [0.15, 0.2) is 0 Å². The molecule has 1 aromatic heterocycles. The minimum Gasteiger partial charge on any atom is -0.356 e. The first kappa shape index (κ1) is 14.6. The molecule has 0 spiro atoms. The van der Waals surface area contributed by atoms with Crippen molar-refractivity contribution in [3.63, 3.8) is 0 Å². The number of amides is 1. The number of aromatic nitrogens is 2. The van der Waals surface area contributed by atoms with Crippen molar-refractivity contribution in [2.75, 3.05) is 6.54 Å². The Hall–Kier alpha value is -1.84. The molecule has 0 atom stereocenters. The topological polar surface area (TPSA) is 46.9 Å². The average Bonchev–Trinajstić information content (AvgIpc) is 2.81. The maximum absolute atomic E-state index is 11.9. The Morgan fingerprint density at radius 1 is 1.35 bits per heavy atom. The number of hydrogen-bond acceptors (Lipinski definition) is 2. The minimum atomic E-state index is 0.147. The van der Waals surface area contributed by atoms with Gasteiger partial charge in [0.1, 0.15) is 0 Å². The first-order chi connectivity index (χ1) is 9.65. The summed E-state index contributed by atoms with van der Waals surface area (Å²) in [5.74, 6) is 0.321. The maximum Gasteiger partial charge on any atom is 0.223 e. The molecule has 0 saturated heterocycles. The SMILES string of the molecule is CCC(CC)C(=O)NCCc1ccc2c(c1)ncn2C. The molecule has 1 N–H and O–H groups in total. The van der Waals surface area contributed by atoms with E-state index in [0.29, 0.717) is 6.54 Å². The molecule has 0 fully saturated rings. The molecule has 20 heavy (non-hydrogen) atoms. The van der Waals surface area contributed by atoms with Gasteiger partial charge in [-0.25, -0.2) is 4.98 Å². The van der Waals surface area contributed by atoms with E-state index in [1.807, 2.05) is 17.9 Å². The van der Waals surface area contributed by atoms with Gasteiger partial charge < -0.3 is 9.88 Å². The van der Waals surface area contributed by atoms with E-state index >= 15 is 0 Å². The highest BCUT2D eigenvalue weighted by molar-refractivity contribution is 5.78. The molecule has 1 amide bonds. The number of carbonyl (C=O) groups excluding carboxylic acids is 1. The van der Waals surface area contributed by atoms with Crippen molar-refractivity contribution in [2.45, 2.75) is 33.1 Å². The molecule has 1 heterocycles. The molecule has 2 aromatic rings. The van der Waals surface area contributed by atoms with E-state index in [0.717, 1.165) is 30.3 Å². The zero-order valence-corrected chi connectivity index (χ0v) is 12.5. The predicted octanol–water partition coefficient (Wildman–Crippen LogP) is 2.67. The highest BCUT2D eigenvalue weighted by Gasteiger charge is 2.12. The van der Waals surface area contributed by atoms with E-state index in [-0.39, 0.29) is 11.8 Å². The van der Waals surface area contributed by atoms with Crippen LogP contribution in [-0.4, -0.2) is 22.0 Å². The smallest absolute Gasteiger partial charge is 0.223 e. The van der Waals surface area contributed by atoms with E-state index < -0.39 is 0 Å². The van der Waals surface area contributed by atoms with Crippen LogP contribution in [0.4, 0.5) is 0 Å². The predicted molar refractivity (Wildman–Crippen MR) is 81.5 cm³/mol. The molecule has 0 unspecified atom stereocenters. The maximum atomic E-state index is 11.9. The monoisotopic (exact) mass is 273 g/mol. The van der Waals surface area contributed by atoms with Crippen molar-refractivity contribution >= 4 is 16.9 Å². The van der Waals surface area contributed by atoms with Crippen LogP contribution in [0.5, 0.6) is 0 Å². The van der Waals surface area contributed by atoms with Crippen molar-refractivity contribution in [1.29, 1.82) is 0 Å². The molecule has 1 aromatic carbocycles. The number of nitrogens with zero attached hydrogens (tertiary/aromatic N) is 2. The first-order valence-corrected chi connectivity index (χ1v) is 7.33. The van der Waals surface area contributed by atoms with Gasteiger partial charge in [0.25, 0.3) is 0 Å². The van der Waals surface area contributed by atoms with Crippen LogP contribution < -0.4 is 5.32 Å². The lowest BCUT2D eigenvalue weighted by atomic mass is 10.0. The lowest BCUT2D eigenvalue weighted by Crippen LogP contribution is -2.31. The summed E-state index contributed by atoms with van der Waals surface area (Å²) in [5.41, 5.74) is 3.35. The Morgan fingerprint density at radius 2 is 2.10 bits per heavy atom. The zero-order valence-electron chi connectivity index (χ0n) is 12.5. The number of aryl methyl sites for hydroxylation is 1. The van der Waals surface area contributed by atoms with E-state index in [2.05, 4.69) is 42.3 Å². The summed E-state index contributed by atoms with van der Waals surface area (Å²) in [6.45, 7) is 4.80. The van der Waals surface area contributed by atoms with Crippen molar-refractivity contribution in [2.24, 2.45) is 13.0 Å². The van der Waals surface area contributed by atoms with E-state index in [4.69, 9.17) is 0 Å². The molecule has 0 aliphatic rings. The lowest BCUT2D eigenvalue weighted by Gasteiger charge is -2.12. The van der Waals surface area contributed by atoms with E-state index in [1.165, 1.54) is 5.56 Å². The van der Waals surface area contributed by atoms with Crippen LogP contribution in [-0.2, 0) is 18.3 Å². The fraction of sp³-hybridized carbons (Fsp3) is 0.500. The van der Waals surface area contributed by atoms with Crippen LogP contribution in [0, 0.1) is 5.92 Å². The van der Waals surface area contributed by atoms with E-state index in [9.17, 15) is 4.79 Å². The van der Waals surface area contributed by atoms with Gasteiger partial charge >= 0.3 is 0 Å². The third-order valence-corrected chi connectivity index (χ3v) is 3.86. The minimum absolute atomic E-state index is 0.147. The summed E-state index contributed by atoms with van der Waals surface area (Å²) in [6.07, 6.45) is 4.48. The largest absolute Gasteiger partial charge is 0.356 e. The molecule has 0 aliphatic carbocycles. The van der Waals surface area contributed by atoms with Crippen LogP contribution in [0.15, 0.2) is 24.5 Å². The second kappa shape index (κ2) is 6.55. The highest BCUT2D eigenvalue weighted by Crippen LogP contribution is 2.14. The normalized spacial score (nSPS) is 11.2. The van der Waals surface area contributed by atoms with Crippen LogP contribution >= 0.6 is 0 Å². The van der Waals surface area contributed by atoms with Gasteiger partial charge in [-0.05, 0) is 37.0 Å². The van der Waals surface area contributed by atoms with Gasteiger partial charge in [-0.2, -0.15) is 0 Å². The number of imidazole rings is 1. The molecule has 2 rings (SSSR count). The summed E-state index contributed by atoms with van der Waals surface area (Å²) in [6, 6.07) is 6.28. The van der Waals surface area contributed by atoms with Gasteiger partial charge in [-0.3, -0.25) is 4.79 Å². The summed E-state index contributed by atoms with van der Waals surface area (Å²) in [4.78, 5) is 16.2. The van der Waals surface area contributed by atoms with Crippen LogP contribution in [0.3, 0.4) is 0 Å². The van der Waals surface area contributed by atoms with Crippen LogP contribution in [0.25, 0.3) is 11.0 Å². The number of benzene rings is 1. The third-order valence-electron chi connectivity index (χ3n) is 3.86. The fourth-order valence-electron chi connectivity index (χ4n) is 2.47. The van der Waals surface area contributed by atoms with Crippen LogP contribution in [0.1, 0.15) is 32.3 Å². The van der Waals surface area contributed by atoms with Gasteiger partial charge in [-0.1, -0.05) is 19.9 Å². The molecule has 4 nitrogen and oxygen atoms in total. The summed E-state index contributed by atoms with van der Waals surface area (Å²) < 4.78 is 2.01. The fourth-order valence-corrected chi connectivity index (χ4v) is 2.47. The standard InChI is InChI=1S/C16H23N3O/c1-4-13(5-2)16(20)17-9-8-12-6-7-15-14(10-12)18-11-19(15)3/h6-7,10-11,13H,4-5,8-9H2,1-3H3,(H,17,20). The molecule has 4 heteroatoms.